The highest BCUT2D eigenvalue weighted by atomic mass is 32.1. The molecular formula is C18H18N4OS. The molecular weight excluding hydrogens is 320 g/mol. The number of rotatable bonds is 4. The number of fused-ring (bicyclic) bond motifs is 1. The van der Waals surface area contributed by atoms with Crippen LogP contribution >= 0.6 is 11.3 Å². The van der Waals surface area contributed by atoms with Crippen molar-refractivity contribution in [2.75, 3.05) is 0 Å². The summed E-state index contributed by atoms with van der Waals surface area (Å²) in [4.78, 5) is 23.5. The molecule has 0 aliphatic heterocycles. The van der Waals surface area contributed by atoms with Gasteiger partial charge in [0, 0.05) is 35.9 Å². The van der Waals surface area contributed by atoms with Crippen molar-refractivity contribution in [3.8, 4) is 10.7 Å². The molecule has 0 fully saturated rings. The van der Waals surface area contributed by atoms with Gasteiger partial charge in [0.05, 0.1) is 11.4 Å². The van der Waals surface area contributed by atoms with Gasteiger partial charge in [-0.25, -0.2) is 4.98 Å². The number of thiazole rings is 1. The molecule has 0 saturated heterocycles. The molecule has 0 spiro atoms. The van der Waals surface area contributed by atoms with Crippen molar-refractivity contribution in [3.05, 3.63) is 69.2 Å². The summed E-state index contributed by atoms with van der Waals surface area (Å²) in [6.07, 6.45) is 4.90. The van der Waals surface area contributed by atoms with E-state index in [1.54, 1.807) is 23.6 Å². The molecule has 0 saturated carbocycles. The van der Waals surface area contributed by atoms with Gasteiger partial charge >= 0.3 is 0 Å². The first-order valence-corrected chi connectivity index (χ1v) is 8.99. The van der Waals surface area contributed by atoms with Crippen molar-refractivity contribution >= 4 is 11.3 Å². The summed E-state index contributed by atoms with van der Waals surface area (Å²) in [5, 5.41) is 6.60. The lowest BCUT2D eigenvalue weighted by Gasteiger charge is -2.25. The minimum Gasteiger partial charge on any atom is -0.326 e. The fourth-order valence-electron chi connectivity index (χ4n) is 3.14. The zero-order valence-electron chi connectivity index (χ0n) is 13.2. The largest absolute Gasteiger partial charge is 0.326 e. The molecule has 0 unspecified atom stereocenters. The van der Waals surface area contributed by atoms with Gasteiger partial charge in [-0.1, -0.05) is 12.1 Å². The highest BCUT2D eigenvalue weighted by Crippen LogP contribution is 2.28. The van der Waals surface area contributed by atoms with Gasteiger partial charge < -0.3 is 10.3 Å². The van der Waals surface area contributed by atoms with Crippen LogP contribution in [0.15, 0.2) is 46.7 Å². The van der Waals surface area contributed by atoms with Crippen LogP contribution in [0, 0.1) is 0 Å². The predicted octanol–water partition coefficient (Wildman–Crippen LogP) is 3.06. The molecule has 0 bridgehead atoms. The Balaban J connectivity index is 1.47. The van der Waals surface area contributed by atoms with Crippen molar-refractivity contribution < 1.29 is 0 Å². The zero-order valence-corrected chi connectivity index (χ0v) is 14.0. The molecule has 0 radical (unpaired) electrons. The molecule has 0 aromatic carbocycles. The topological polar surface area (TPSA) is 70.7 Å². The van der Waals surface area contributed by atoms with Crippen LogP contribution in [-0.2, 0) is 13.0 Å². The van der Waals surface area contributed by atoms with E-state index < -0.39 is 0 Å². The van der Waals surface area contributed by atoms with Gasteiger partial charge in [-0.15, -0.1) is 11.3 Å². The van der Waals surface area contributed by atoms with Gasteiger partial charge in [0.15, 0.2) is 0 Å². The maximum absolute atomic E-state index is 11.5. The van der Waals surface area contributed by atoms with E-state index in [9.17, 15) is 4.79 Å². The monoisotopic (exact) mass is 338 g/mol. The maximum Gasteiger partial charge on any atom is 0.248 e. The van der Waals surface area contributed by atoms with Crippen LogP contribution in [-0.4, -0.2) is 15.0 Å². The van der Waals surface area contributed by atoms with Crippen LogP contribution in [0.1, 0.15) is 35.8 Å². The number of nitrogens with one attached hydrogen (secondary N) is 2. The van der Waals surface area contributed by atoms with Gasteiger partial charge in [-0.05, 0) is 37.0 Å². The van der Waals surface area contributed by atoms with Gasteiger partial charge in [-0.3, -0.25) is 9.78 Å². The second-order valence-electron chi connectivity index (χ2n) is 5.94. The number of aryl methyl sites for hydroxylation is 1. The maximum atomic E-state index is 11.5. The van der Waals surface area contributed by atoms with Crippen LogP contribution in [0.2, 0.25) is 0 Å². The van der Waals surface area contributed by atoms with Crippen molar-refractivity contribution in [3.63, 3.8) is 0 Å². The SMILES string of the molecule is O=c1ccc2c([nH]1)CCC[C@H]2NCc1csc(-c2ccccn2)n1. The van der Waals surface area contributed by atoms with E-state index in [0.29, 0.717) is 6.54 Å². The first-order chi connectivity index (χ1) is 11.8. The van der Waals surface area contributed by atoms with Crippen molar-refractivity contribution in [1.82, 2.24) is 20.3 Å². The number of pyridine rings is 2. The van der Waals surface area contributed by atoms with Gasteiger partial charge in [0.2, 0.25) is 5.56 Å². The molecule has 24 heavy (non-hydrogen) atoms. The van der Waals surface area contributed by atoms with Gasteiger partial charge in [0.1, 0.15) is 5.01 Å². The van der Waals surface area contributed by atoms with Crippen LogP contribution in [0.4, 0.5) is 0 Å². The molecule has 3 heterocycles. The average molecular weight is 338 g/mol. The van der Waals surface area contributed by atoms with Gasteiger partial charge in [0.25, 0.3) is 0 Å². The summed E-state index contributed by atoms with van der Waals surface area (Å²) in [6.45, 7) is 0.715. The Morgan fingerprint density at radius 2 is 2.25 bits per heavy atom. The Labute approximate surface area is 143 Å². The Bertz CT molecular complexity index is 887. The molecule has 5 nitrogen and oxygen atoms in total. The van der Waals surface area contributed by atoms with Crippen molar-refractivity contribution in [1.29, 1.82) is 0 Å². The lowest BCUT2D eigenvalue weighted by molar-refractivity contribution is 0.451. The van der Waals surface area contributed by atoms with Crippen LogP contribution in [0.3, 0.4) is 0 Å². The highest BCUT2D eigenvalue weighted by molar-refractivity contribution is 7.13. The second-order valence-corrected chi connectivity index (χ2v) is 6.80. The Morgan fingerprint density at radius 1 is 1.29 bits per heavy atom. The third-order valence-electron chi connectivity index (χ3n) is 4.30. The van der Waals surface area contributed by atoms with E-state index in [4.69, 9.17) is 0 Å². The van der Waals surface area contributed by atoms with Crippen LogP contribution in [0.5, 0.6) is 0 Å². The Kier molecular flexibility index (Phi) is 4.23. The second kappa shape index (κ2) is 6.67. The summed E-state index contributed by atoms with van der Waals surface area (Å²) in [7, 11) is 0. The van der Waals surface area contributed by atoms with Crippen LogP contribution < -0.4 is 10.9 Å². The van der Waals surface area contributed by atoms with E-state index in [1.165, 1.54) is 5.56 Å². The van der Waals surface area contributed by atoms with E-state index in [-0.39, 0.29) is 11.6 Å². The number of hydrogen-bond acceptors (Lipinski definition) is 5. The summed E-state index contributed by atoms with van der Waals surface area (Å²) >= 11 is 1.62. The smallest absolute Gasteiger partial charge is 0.248 e. The molecule has 3 aromatic rings. The number of H-pyrrole nitrogens is 1. The molecule has 2 N–H and O–H groups in total. The Morgan fingerprint density at radius 3 is 3.12 bits per heavy atom. The zero-order chi connectivity index (χ0) is 16.4. The number of nitrogens with zero attached hydrogens (tertiary/aromatic N) is 2. The lowest BCUT2D eigenvalue weighted by Crippen LogP contribution is -2.27. The quantitative estimate of drug-likeness (QED) is 0.767. The lowest BCUT2D eigenvalue weighted by atomic mass is 9.91. The first kappa shape index (κ1) is 15.2. The van der Waals surface area contributed by atoms with E-state index in [1.807, 2.05) is 24.3 Å². The number of aromatic nitrogens is 3. The van der Waals surface area contributed by atoms with Crippen LogP contribution in [0.25, 0.3) is 10.7 Å². The minimum atomic E-state index is -0.0195. The Hall–Kier alpha value is -2.31. The molecule has 4 rings (SSSR count). The third kappa shape index (κ3) is 3.16. The first-order valence-electron chi connectivity index (χ1n) is 8.11. The fourth-order valence-corrected chi connectivity index (χ4v) is 3.93. The number of aromatic amines is 1. The predicted molar refractivity (Wildman–Crippen MR) is 94.9 cm³/mol. The summed E-state index contributed by atoms with van der Waals surface area (Å²) < 4.78 is 0. The summed E-state index contributed by atoms with van der Waals surface area (Å²) in [5.74, 6) is 0. The van der Waals surface area contributed by atoms with Crippen molar-refractivity contribution in [2.45, 2.75) is 31.8 Å². The van der Waals surface area contributed by atoms with E-state index in [0.717, 1.165) is 41.4 Å². The van der Waals surface area contributed by atoms with Gasteiger partial charge in [-0.2, -0.15) is 0 Å². The molecule has 122 valence electrons. The molecule has 3 aromatic heterocycles. The average Bonchev–Trinajstić information content (AvgIpc) is 3.09. The number of hydrogen-bond donors (Lipinski definition) is 2. The summed E-state index contributed by atoms with van der Waals surface area (Å²) in [5.41, 5.74) is 4.19. The molecule has 1 aliphatic rings. The summed E-state index contributed by atoms with van der Waals surface area (Å²) in [6, 6.07) is 9.69. The molecule has 0 amide bonds. The minimum absolute atomic E-state index is 0.0195. The highest BCUT2D eigenvalue weighted by Gasteiger charge is 2.20. The van der Waals surface area contributed by atoms with Crippen molar-refractivity contribution in [2.24, 2.45) is 0 Å². The fraction of sp³-hybridized carbons (Fsp3) is 0.278. The third-order valence-corrected chi connectivity index (χ3v) is 5.21. The molecule has 6 heteroatoms. The molecule has 1 aliphatic carbocycles. The van der Waals surface area contributed by atoms with E-state index >= 15 is 0 Å². The normalized spacial score (nSPS) is 16.8. The standard InChI is InChI=1S/C18H18N4OS/c23-17-8-7-13-14(5-3-6-15(13)22-17)20-10-12-11-24-18(21-12)16-4-1-2-9-19-16/h1-2,4,7-9,11,14,20H,3,5-6,10H2,(H,22,23)/t14-/m1/s1. The molecule has 1 atom stereocenters. The van der Waals surface area contributed by atoms with E-state index in [2.05, 4.69) is 25.6 Å².